The number of fused-ring (bicyclic) bond motifs is 1. The van der Waals surface area contributed by atoms with Crippen molar-refractivity contribution in [2.24, 2.45) is 5.41 Å². The van der Waals surface area contributed by atoms with E-state index < -0.39 is 0 Å². The molecule has 7 heteroatoms. The Hall–Kier alpha value is -1.45. The molecule has 3 saturated heterocycles. The third kappa shape index (κ3) is 3.17. The Bertz CT molecular complexity index is 940. The van der Waals surface area contributed by atoms with Crippen LogP contribution in [0.2, 0.25) is 0 Å². The van der Waals surface area contributed by atoms with Crippen LogP contribution in [0.5, 0.6) is 0 Å². The maximum atomic E-state index is 12.6. The van der Waals surface area contributed by atoms with E-state index in [1.807, 2.05) is 4.68 Å². The molecular formula is C21H24IN3O3. The number of benzene rings is 1. The lowest BCUT2D eigenvalue weighted by Gasteiger charge is -2.32. The molecule has 2 aromatic rings. The number of amides is 1. The lowest BCUT2D eigenvalue weighted by atomic mass is 9.75. The quantitative estimate of drug-likeness (QED) is 0.513. The highest BCUT2D eigenvalue weighted by molar-refractivity contribution is 14.1. The zero-order valence-electron chi connectivity index (χ0n) is 15.7. The molecule has 28 heavy (non-hydrogen) atoms. The van der Waals surface area contributed by atoms with Gasteiger partial charge in [0.15, 0.2) is 6.23 Å². The van der Waals surface area contributed by atoms with Crippen LogP contribution >= 0.6 is 22.6 Å². The van der Waals surface area contributed by atoms with Gasteiger partial charge in [-0.25, -0.2) is 4.68 Å². The maximum Gasteiger partial charge on any atom is 0.247 e. The van der Waals surface area contributed by atoms with Gasteiger partial charge in [0.2, 0.25) is 5.91 Å². The molecule has 1 N–H and O–H groups in total. The SMILES string of the molecule is O=C1NCC2(CCOCC2)/C1=C\c1ccc2c(I)nn(C3CCCCO3)c2c1. The number of halogens is 1. The number of nitrogens with zero attached hydrogens (tertiary/aromatic N) is 2. The molecule has 6 nitrogen and oxygen atoms in total. The summed E-state index contributed by atoms with van der Waals surface area (Å²) in [4.78, 5) is 12.6. The van der Waals surface area contributed by atoms with Crippen LogP contribution in [0.3, 0.4) is 0 Å². The largest absolute Gasteiger partial charge is 0.381 e. The second-order valence-corrected chi connectivity index (χ2v) is 8.99. The Balaban J connectivity index is 1.55. The summed E-state index contributed by atoms with van der Waals surface area (Å²) in [6.07, 6.45) is 7.13. The van der Waals surface area contributed by atoms with Gasteiger partial charge in [-0.3, -0.25) is 4.79 Å². The van der Waals surface area contributed by atoms with Crippen LogP contribution in [0, 0.1) is 9.12 Å². The van der Waals surface area contributed by atoms with Crippen molar-refractivity contribution in [2.45, 2.75) is 38.3 Å². The monoisotopic (exact) mass is 493 g/mol. The van der Waals surface area contributed by atoms with Crippen LogP contribution in [-0.4, -0.2) is 42.1 Å². The summed E-state index contributed by atoms with van der Waals surface area (Å²) in [5.41, 5.74) is 2.92. The number of ether oxygens (including phenoxy) is 2. The number of nitrogens with one attached hydrogen (secondary N) is 1. The number of carbonyl (C=O) groups is 1. The fourth-order valence-corrected chi connectivity index (χ4v) is 5.30. The zero-order chi connectivity index (χ0) is 19.1. The van der Waals surface area contributed by atoms with Gasteiger partial charge in [0.25, 0.3) is 0 Å². The molecule has 3 fully saturated rings. The average molecular weight is 493 g/mol. The van der Waals surface area contributed by atoms with Crippen LogP contribution in [0.15, 0.2) is 23.8 Å². The van der Waals surface area contributed by atoms with E-state index in [9.17, 15) is 4.79 Å². The molecular weight excluding hydrogens is 469 g/mol. The molecule has 0 saturated carbocycles. The molecule has 1 aromatic carbocycles. The maximum absolute atomic E-state index is 12.6. The summed E-state index contributed by atoms with van der Waals surface area (Å²) >= 11 is 2.29. The molecule has 0 radical (unpaired) electrons. The summed E-state index contributed by atoms with van der Waals surface area (Å²) in [5.74, 6) is 0.0562. The average Bonchev–Trinajstić information content (AvgIpc) is 3.21. The van der Waals surface area contributed by atoms with Crippen molar-refractivity contribution in [3.63, 3.8) is 0 Å². The van der Waals surface area contributed by atoms with Crippen LogP contribution in [0.25, 0.3) is 17.0 Å². The van der Waals surface area contributed by atoms with Crippen LogP contribution < -0.4 is 5.32 Å². The standard InChI is InChI=1S/C21H24IN3O3/c22-19-15-5-4-14(12-17(15)25(24-19)18-3-1-2-8-28-18)11-16-20(26)23-13-21(16)6-9-27-10-7-21/h4-5,11-12,18H,1-3,6-10,13H2,(H,23,26)/b16-11-. The minimum atomic E-state index is -0.0918. The molecule has 148 valence electrons. The molecule has 1 aromatic heterocycles. The smallest absolute Gasteiger partial charge is 0.247 e. The van der Waals surface area contributed by atoms with Gasteiger partial charge in [-0.2, -0.15) is 5.10 Å². The van der Waals surface area contributed by atoms with Crippen molar-refractivity contribution in [3.8, 4) is 0 Å². The van der Waals surface area contributed by atoms with Crippen molar-refractivity contribution < 1.29 is 14.3 Å². The van der Waals surface area contributed by atoms with Gasteiger partial charge >= 0.3 is 0 Å². The third-order valence-electron chi connectivity index (χ3n) is 6.28. The molecule has 0 aliphatic carbocycles. The van der Waals surface area contributed by atoms with E-state index >= 15 is 0 Å². The number of aromatic nitrogens is 2. The van der Waals surface area contributed by atoms with Gasteiger partial charge in [0.1, 0.15) is 3.70 Å². The molecule has 3 aliphatic rings. The molecule has 4 heterocycles. The predicted molar refractivity (Wildman–Crippen MR) is 115 cm³/mol. The molecule has 3 aliphatic heterocycles. The van der Waals surface area contributed by atoms with Crippen molar-refractivity contribution in [1.29, 1.82) is 0 Å². The van der Waals surface area contributed by atoms with Gasteiger partial charge in [0, 0.05) is 42.7 Å². The molecule has 1 amide bonds. The molecule has 0 bridgehead atoms. The molecule has 5 rings (SSSR count). The van der Waals surface area contributed by atoms with Gasteiger partial charge < -0.3 is 14.8 Å². The van der Waals surface area contributed by atoms with E-state index in [-0.39, 0.29) is 17.6 Å². The van der Waals surface area contributed by atoms with Crippen LogP contribution in [-0.2, 0) is 14.3 Å². The van der Waals surface area contributed by atoms with Gasteiger partial charge in [-0.15, -0.1) is 0 Å². The molecule has 1 atom stereocenters. The second kappa shape index (κ2) is 7.42. The summed E-state index contributed by atoms with van der Waals surface area (Å²) < 4.78 is 14.5. The lowest BCUT2D eigenvalue weighted by molar-refractivity contribution is -0.116. The Kier molecular flexibility index (Phi) is 4.92. The first-order chi connectivity index (χ1) is 13.7. The predicted octanol–water partition coefficient (Wildman–Crippen LogP) is 3.65. The van der Waals surface area contributed by atoms with Gasteiger partial charge in [-0.05, 0) is 78.5 Å². The fourth-order valence-electron chi connectivity index (χ4n) is 4.62. The number of rotatable bonds is 2. The molecule has 1 unspecified atom stereocenters. The summed E-state index contributed by atoms with van der Waals surface area (Å²) in [5, 5.41) is 8.93. The number of carbonyl (C=O) groups excluding carboxylic acids is 1. The van der Waals surface area contributed by atoms with Crippen LogP contribution in [0.1, 0.15) is 43.9 Å². The summed E-state index contributed by atoms with van der Waals surface area (Å²) in [6, 6.07) is 6.34. The van der Waals surface area contributed by atoms with E-state index in [1.54, 1.807) is 0 Å². The van der Waals surface area contributed by atoms with Crippen molar-refractivity contribution in [3.05, 3.63) is 33.0 Å². The lowest BCUT2D eigenvalue weighted by Crippen LogP contribution is -2.32. The van der Waals surface area contributed by atoms with E-state index in [0.717, 1.165) is 84.2 Å². The van der Waals surface area contributed by atoms with E-state index in [4.69, 9.17) is 14.6 Å². The Morgan fingerprint density at radius 3 is 2.89 bits per heavy atom. The van der Waals surface area contributed by atoms with Crippen LogP contribution in [0.4, 0.5) is 0 Å². The normalized spacial score (nSPS) is 26.2. The topological polar surface area (TPSA) is 65.4 Å². The van der Waals surface area contributed by atoms with Crippen molar-refractivity contribution >= 4 is 45.5 Å². The fraction of sp³-hybridized carbons (Fsp3) is 0.524. The van der Waals surface area contributed by atoms with Crippen molar-refractivity contribution in [1.82, 2.24) is 15.1 Å². The van der Waals surface area contributed by atoms with Gasteiger partial charge in [-0.1, -0.05) is 6.07 Å². The highest BCUT2D eigenvalue weighted by Crippen LogP contribution is 2.42. The highest BCUT2D eigenvalue weighted by atomic mass is 127. The Labute approximate surface area is 177 Å². The minimum Gasteiger partial charge on any atom is -0.381 e. The molecule has 1 spiro atoms. The van der Waals surface area contributed by atoms with E-state index in [2.05, 4.69) is 52.2 Å². The Morgan fingerprint density at radius 2 is 2.11 bits per heavy atom. The number of hydrogen-bond acceptors (Lipinski definition) is 4. The summed E-state index contributed by atoms with van der Waals surface area (Å²) in [6.45, 7) is 2.94. The van der Waals surface area contributed by atoms with Crippen molar-refractivity contribution in [2.75, 3.05) is 26.4 Å². The first-order valence-electron chi connectivity index (χ1n) is 10.0. The minimum absolute atomic E-state index is 0.000663. The van der Waals surface area contributed by atoms with E-state index in [0.29, 0.717) is 0 Å². The summed E-state index contributed by atoms with van der Waals surface area (Å²) in [7, 11) is 0. The first kappa shape index (κ1) is 18.6. The van der Waals surface area contributed by atoms with E-state index in [1.165, 1.54) is 0 Å². The highest BCUT2D eigenvalue weighted by Gasteiger charge is 2.44. The number of hydrogen-bond donors (Lipinski definition) is 1. The van der Waals surface area contributed by atoms with Gasteiger partial charge in [0.05, 0.1) is 5.52 Å². The Morgan fingerprint density at radius 1 is 1.25 bits per heavy atom. The second-order valence-electron chi connectivity index (χ2n) is 7.97. The zero-order valence-corrected chi connectivity index (χ0v) is 17.9. The third-order valence-corrected chi connectivity index (χ3v) is 7.08. The first-order valence-corrected chi connectivity index (χ1v) is 11.1.